The average Bonchev–Trinajstić information content (AvgIpc) is 3.44. The van der Waals surface area contributed by atoms with E-state index in [-0.39, 0.29) is 18.5 Å². The van der Waals surface area contributed by atoms with Crippen LogP contribution in [0.2, 0.25) is 0 Å². The first-order valence-electron chi connectivity index (χ1n) is 15.8. The number of rotatable bonds is 9. The standard InChI is InChI=1S/C36H45N5O6/c1-35(2,3)46-33(44)37-21-20-28(40-32(43)38-27-19-18-23-10-9-11-26(23)22-27)24-14-16-25(17-15-24)31(42)39-29-12-7-8-13-30(29)41-34(45)47-36(4,5)6/h7-8,12-19,22,28H,9-11,20-21H2,1-6H3,(H,37,44)(H,39,42)(H,41,45)(H2,38,40,43). The lowest BCUT2D eigenvalue weighted by Crippen LogP contribution is -2.37. The highest BCUT2D eigenvalue weighted by Crippen LogP contribution is 2.26. The Morgan fingerprint density at radius 2 is 1.34 bits per heavy atom. The molecule has 5 N–H and O–H groups in total. The predicted molar refractivity (Wildman–Crippen MR) is 183 cm³/mol. The summed E-state index contributed by atoms with van der Waals surface area (Å²) in [6.45, 7) is 10.9. The summed E-state index contributed by atoms with van der Waals surface area (Å²) >= 11 is 0. The van der Waals surface area contributed by atoms with Gasteiger partial charge in [0.15, 0.2) is 0 Å². The number of amides is 5. The van der Waals surface area contributed by atoms with Crippen molar-refractivity contribution in [2.24, 2.45) is 0 Å². The number of ether oxygens (including phenoxy) is 2. The van der Waals surface area contributed by atoms with Gasteiger partial charge in [-0.3, -0.25) is 10.1 Å². The number of fused-ring (bicyclic) bond motifs is 1. The molecule has 0 heterocycles. The van der Waals surface area contributed by atoms with Gasteiger partial charge in [-0.05, 0) is 120 Å². The van der Waals surface area contributed by atoms with Crippen LogP contribution >= 0.6 is 0 Å². The van der Waals surface area contributed by atoms with Crippen molar-refractivity contribution >= 4 is 41.2 Å². The number of alkyl carbamates (subject to hydrolysis) is 1. The Labute approximate surface area is 276 Å². The van der Waals surface area contributed by atoms with Crippen LogP contribution in [0.3, 0.4) is 0 Å². The molecule has 1 aliphatic carbocycles. The molecule has 0 saturated carbocycles. The van der Waals surface area contributed by atoms with Crippen LogP contribution in [0.15, 0.2) is 66.7 Å². The highest BCUT2D eigenvalue weighted by molar-refractivity contribution is 6.07. The van der Waals surface area contributed by atoms with E-state index in [0.29, 0.717) is 29.0 Å². The third-order valence-electron chi connectivity index (χ3n) is 7.15. The molecule has 1 aliphatic rings. The van der Waals surface area contributed by atoms with Crippen molar-refractivity contribution in [1.29, 1.82) is 0 Å². The van der Waals surface area contributed by atoms with E-state index in [0.717, 1.165) is 24.8 Å². The normalized spacial score (nSPS) is 13.1. The maximum atomic E-state index is 13.2. The van der Waals surface area contributed by atoms with E-state index in [4.69, 9.17) is 9.47 Å². The summed E-state index contributed by atoms with van der Waals surface area (Å²) < 4.78 is 10.7. The number of nitrogens with one attached hydrogen (secondary N) is 5. The summed E-state index contributed by atoms with van der Waals surface area (Å²) in [6.07, 6.45) is 2.35. The van der Waals surface area contributed by atoms with Crippen LogP contribution in [0.4, 0.5) is 31.4 Å². The van der Waals surface area contributed by atoms with Crippen LogP contribution in [0.1, 0.15) is 87.5 Å². The zero-order chi connectivity index (χ0) is 34.2. The fraction of sp³-hybridized carbons (Fsp3) is 0.389. The van der Waals surface area contributed by atoms with E-state index < -0.39 is 29.4 Å². The van der Waals surface area contributed by atoms with Gasteiger partial charge in [-0.25, -0.2) is 14.4 Å². The van der Waals surface area contributed by atoms with Crippen LogP contribution in [0.25, 0.3) is 0 Å². The Morgan fingerprint density at radius 1 is 0.723 bits per heavy atom. The molecule has 0 radical (unpaired) electrons. The molecule has 47 heavy (non-hydrogen) atoms. The van der Waals surface area contributed by atoms with Gasteiger partial charge < -0.3 is 30.7 Å². The summed E-state index contributed by atoms with van der Waals surface area (Å²) in [5, 5.41) is 14.2. The molecule has 0 aliphatic heterocycles. The summed E-state index contributed by atoms with van der Waals surface area (Å²) in [5.41, 5.74) is 3.86. The number of para-hydroxylation sites is 2. The molecule has 11 nitrogen and oxygen atoms in total. The van der Waals surface area contributed by atoms with Crippen molar-refractivity contribution in [3.8, 4) is 0 Å². The Balaban J connectivity index is 1.44. The van der Waals surface area contributed by atoms with Crippen molar-refractivity contribution in [3.63, 3.8) is 0 Å². The minimum atomic E-state index is -0.676. The van der Waals surface area contributed by atoms with Gasteiger partial charge >= 0.3 is 18.2 Å². The molecule has 0 spiro atoms. The van der Waals surface area contributed by atoms with Gasteiger partial charge in [-0.1, -0.05) is 30.3 Å². The molecule has 250 valence electrons. The summed E-state index contributed by atoms with van der Waals surface area (Å²) in [5.74, 6) is -0.388. The fourth-order valence-electron chi connectivity index (χ4n) is 5.11. The van der Waals surface area contributed by atoms with Gasteiger partial charge in [0.05, 0.1) is 17.4 Å². The molecular formula is C36H45N5O6. The molecule has 3 aromatic carbocycles. The molecule has 1 atom stereocenters. The molecular weight excluding hydrogens is 598 g/mol. The number of aryl methyl sites for hydroxylation is 2. The molecule has 0 aromatic heterocycles. The summed E-state index contributed by atoms with van der Waals surface area (Å²) in [7, 11) is 0. The number of carbonyl (C=O) groups is 4. The first-order chi connectivity index (χ1) is 22.1. The SMILES string of the molecule is CC(C)(C)OC(=O)NCCC(NC(=O)Nc1ccc2c(c1)CCC2)c1ccc(C(=O)Nc2ccccc2NC(=O)OC(C)(C)C)cc1. The zero-order valence-corrected chi connectivity index (χ0v) is 27.9. The Morgan fingerprint density at radius 3 is 2.00 bits per heavy atom. The van der Waals surface area contributed by atoms with Crippen molar-refractivity contribution in [3.05, 3.63) is 89.0 Å². The number of carbonyl (C=O) groups excluding carboxylic acids is 4. The topological polar surface area (TPSA) is 147 Å². The molecule has 0 bridgehead atoms. The predicted octanol–water partition coefficient (Wildman–Crippen LogP) is 7.55. The lowest BCUT2D eigenvalue weighted by atomic mass is 10.0. The summed E-state index contributed by atoms with van der Waals surface area (Å²) in [6, 6.07) is 18.7. The van der Waals surface area contributed by atoms with Crippen LogP contribution < -0.4 is 26.6 Å². The average molecular weight is 644 g/mol. The molecule has 4 rings (SSSR count). The van der Waals surface area contributed by atoms with E-state index in [1.807, 2.05) is 12.1 Å². The second-order valence-electron chi connectivity index (χ2n) is 13.5. The second-order valence-corrected chi connectivity index (χ2v) is 13.5. The van der Waals surface area contributed by atoms with Gasteiger partial charge in [-0.15, -0.1) is 0 Å². The largest absolute Gasteiger partial charge is 0.444 e. The Hall–Kier alpha value is -5.06. The van der Waals surface area contributed by atoms with Gasteiger partial charge in [-0.2, -0.15) is 0 Å². The van der Waals surface area contributed by atoms with Crippen LogP contribution in [-0.4, -0.2) is 41.9 Å². The highest BCUT2D eigenvalue weighted by Gasteiger charge is 2.21. The van der Waals surface area contributed by atoms with E-state index in [1.54, 1.807) is 90.1 Å². The molecule has 11 heteroatoms. The smallest absolute Gasteiger partial charge is 0.412 e. The lowest BCUT2D eigenvalue weighted by Gasteiger charge is -2.22. The minimum absolute atomic E-state index is 0.238. The summed E-state index contributed by atoms with van der Waals surface area (Å²) in [4.78, 5) is 50.9. The Bertz CT molecular complexity index is 1590. The van der Waals surface area contributed by atoms with Crippen molar-refractivity contribution < 1.29 is 28.7 Å². The quantitative estimate of drug-likeness (QED) is 0.163. The van der Waals surface area contributed by atoms with E-state index in [1.165, 1.54) is 11.1 Å². The van der Waals surface area contributed by atoms with E-state index >= 15 is 0 Å². The maximum Gasteiger partial charge on any atom is 0.412 e. The van der Waals surface area contributed by atoms with Crippen molar-refractivity contribution in [2.75, 3.05) is 22.5 Å². The van der Waals surface area contributed by atoms with Gasteiger partial charge in [0.25, 0.3) is 5.91 Å². The number of hydrogen-bond donors (Lipinski definition) is 5. The number of benzene rings is 3. The van der Waals surface area contributed by atoms with Crippen LogP contribution in [0, 0.1) is 0 Å². The van der Waals surface area contributed by atoms with Gasteiger partial charge in [0, 0.05) is 17.8 Å². The third-order valence-corrected chi connectivity index (χ3v) is 7.15. The minimum Gasteiger partial charge on any atom is -0.444 e. The molecule has 0 saturated heterocycles. The zero-order valence-electron chi connectivity index (χ0n) is 27.9. The number of urea groups is 1. The lowest BCUT2D eigenvalue weighted by molar-refractivity contribution is 0.0525. The Kier molecular flexibility index (Phi) is 11.1. The monoisotopic (exact) mass is 643 g/mol. The molecule has 1 unspecified atom stereocenters. The van der Waals surface area contributed by atoms with Crippen molar-refractivity contribution in [2.45, 2.75) is 84.5 Å². The number of hydrogen-bond acceptors (Lipinski definition) is 6. The van der Waals surface area contributed by atoms with E-state index in [2.05, 4.69) is 32.7 Å². The van der Waals surface area contributed by atoms with Crippen LogP contribution in [0.5, 0.6) is 0 Å². The number of anilines is 3. The molecule has 3 aromatic rings. The first kappa shape index (κ1) is 34.8. The van der Waals surface area contributed by atoms with Gasteiger partial charge in [0.1, 0.15) is 11.2 Å². The maximum absolute atomic E-state index is 13.2. The third kappa shape index (κ3) is 11.1. The highest BCUT2D eigenvalue weighted by atomic mass is 16.6. The van der Waals surface area contributed by atoms with Gasteiger partial charge in [0.2, 0.25) is 0 Å². The van der Waals surface area contributed by atoms with E-state index in [9.17, 15) is 19.2 Å². The molecule has 0 fully saturated rings. The second kappa shape index (κ2) is 15.0. The molecule has 5 amide bonds. The fourth-order valence-corrected chi connectivity index (χ4v) is 5.11. The first-order valence-corrected chi connectivity index (χ1v) is 15.8. The van der Waals surface area contributed by atoms with Crippen molar-refractivity contribution in [1.82, 2.24) is 10.6 Å². The van der Waals surface area contributed by atoms with Crippen LogP contribution in [-0.2, 0) is 22.3 Å².